The quantitative estimate of drug-likeness (QED) is 0.439. The van der Waals surface area contributed by atoms with Crippen LogP contribution in [0.5, 0.6) is 5.75 Å². The SMILES string of the molecule is CNC(C)C(=O)NCCc1cc(Nc2nc(N(C)C)c(C)nc2C(N)=O)cc(OC)c1. The molecule has 2 amide bonds. The molecule has 0 fully saturated rings. The first-order valence-electron chi connectivity index (χ1n) is 9.92. The number of carbonyl (C=O) groups is 2. The Labute approximate surface area is 182 Å². The van der Waals surface area contributed by atoms with Crippen LogP contribution in [-0.2, 0) is 11.2 Å². The maximum atomic E-state index is 11.9. The zero-order chi connectivity index (χ0) is 23.1. The van der Waals surface area contributed by atoms with Gasteiger partial charge in [0.05, 0.1) is 18.8 Å². The van der Waals surface area contributed by atoms with Gasteiger partial charge in [-0.15, -0.1) is 0 Å². The van der Waals surface area contributed by atoms with Crippen LogP contribution in [-0.4, -0.2) is 62.6 Å². The van der Waals surface area contributed by atoms with Crippen LogP contribution in [0, 0.1) is 6.92 Å². The van der Waals surface area contributed by atoms with E-state index in [1.165, 1.54) is 0 Å². The van der Waals surface area contributed by atoms with Crippen LogP contribution in [0.2, 0.25) is 0 Å². The molecule has 1 aromatic carbocycles. The van der Waals surface area contributed by atoms with Gasteiger partial charge < -0.3 is 31.3 Å². The van der Waals surface area contributed by atoms with Crippen LogP contribution < -0.4 is 31.3 Å². The van der Waals surface area contributed by atoms with Gasteiger partial charge in [0.2, 0.25) is 5.91 Å². The third-order valence-electron chi connectivity index (χ3n) is 4.71. The molecule has 31 heavy (non-hydrogen) atoms. The summed E-state index contributed by atoms with van der Waals surface area (Å²) in [6, 6.07) is 5.31. The normalized spacial score (nSPS) is 11.5. The van der Waals surface area contributed by atoms with E-state index in [-0.39, 0.29) is 23.5 Å². The zero-order valence-corrected chi connectivity index (χ0v) is 18.9. The Bertz CT molecular complexity index is 947. The Hall–Kier alpha value is -3.40. The lowest BCUT2D eigenvalue weighted by atomic mass is 10.1. The molecule has 168 valence electrons. The number of primary amides is 1. The van der Waals surface area contributed by atoms with E-state index < -0.39 is 5.91 Å². The molecule has 2 aromatic rings. The molecule has 1 atom stereocenters. The second-order valence-corrected chi connectivity index (χ2v) is 7.33. The van der Waals surface area contributed by atoms with Crippen molar-refractivity contribution >= 4 is 29.1 Å². The van der Waals surface area contributed by atoms with Crippen molar-refractivity contribution in [2.45, 2.75) is 26.3 Å². The van der Waals surface area contributed by atoms with Gasteiger partial charge in [-0.1, -0.05) is 0 Å². The first-order valence-corrected chi connectivity index (χ1v) is 9.92. The van der Waals surface area contributed by atoms with Gasteiger partial charge in [0.25, 0.3) is 5.91 Å². The van der Waals surface area contributed by atoms with E-state index in [0.29, 0.717) is 35.9 Å². The lowest BCUT2D eigenvalue weighted by Gasteiger charge is -2.18. The largest absolute Gasteiger partial charge is 0.497 e. The van der Waals surface area contributed by atoms with Crippen molar-refractivity contribution in [3.8, 4) is 5.75 Å². The minimum absolute atomic E-state index is 0.0563. The molecular formula is C21H31N7O3. The molecule has 10 heteroatoms. The molecule has 0 aliphatic carbocycles. The van der Waals surface area contributed by atoms with Crippen molar-refractivity contribution < 1.29 is 14.3 Å². The molecule has 0 bridgehead atoms. The molecule has 1 unspecified atom stereocenters. The number of benzene rings is 1. The number of hydrogen-bond acceptors (Lipinski definition) is 8. The fourth-order valence-electron chi connectivity index (χ4n) is 2.94. The predicted molar refractivity (Wildman–Crippen MR) is 121 cm³/mol. The molecule has 5 N–H and O–H groups in total. The lowest BCUT2D eigenvalue weighted by Crippen LogP contribution is -2.41. The Morgan fingerprint density at radius 3 is 2.52 bits per heavy atom. The van der Waals surface area contributed by atoms with Gasteiger partial charge in [0, 0.05) is 32.4 Å². The van der Waals surface area contributed by atoms with Crippen LogP contribution in [0.15, 0.2) is 18.2 Å². The molecule has 0 spiro atoms. The highest BCUT2D eigenvalue weighted by atomic mass is 16.5. The molecule has 0 radical (unpaired) electrons. The van der Waals surface area contributed by atoms with Crippen LogP contribution in [0.1, 0.15) is 28.7 Å². The molecule has 0 saturated carbocycles. The van der Waals surface area contributed by atoms with Gasteiger partial charge in [0.15, 0.2) is 17.3 Å². The third kappa shape index (κ3) is 6.29. The maximum absolute atomic E-state index is 11.9. The van der Waals surface area contributed by atoms with Crippen molar-refractivity contribution in [3.63, 3.8) is 0 Å². The number of nitrogens with zero attached hydrogens (tertiary/aromatic N) is 3. The van der Waals surface area contributed by atoms with E-state index in [2.05, 4.69) is 25.9 Å². The molecule has 1 aromatic heterocycles. The van der Waals surface area contributed by atoms with E-state index >= 15 is 0 Å². The summed E-state index contributed by atoms with van der Waals surface area (Å²) in [6.45, 7) is 4.04. The number of aromatic nitrogens is 2. The Kier molecular flexibility index (Phi) is 8.14. The summed E-state index contributed by atoms with van der Waals surface area (Å²) in [5.41, 5.74) is 7.77. The van der Waals surface area contributed by atoms with Crippen LogP contribution in [0.4, 0.5) is 17.3 Å². The topological polar surface area (TPSA) is 134 Å². The van der Waals surface area contributed by atoms with Crippen molar-refractivity contribution in [3.05, 3.63) is 35.2 Å². The molecular weight excluding hydrogens is 398 g/mol. The predicted octanol–water partition coefficient (Wildman–Crippen LogP) is 0.969. The van der Waals surface area contributed by atoms with E-state index in [0.717, 1.165) is 5.56 Å². The highest BCUT2D eigenvalue weighted by Crippen LogP contribution is 2.27. The number of nitrogens with one attached hydrogen (secondary N) is 3. The summed E-state index contributed by atoms with van der Waals surface area (Å²) >= 11 is 0. The average molecular weight is 430 g/mol. The number of rotatable bonds is 10. The fourth-order valence-corrected chi connectivity index (χ4v) is 2.94. The van der Waals surface area contributed by atoms with Gasteiger partial charge in [-0.3, -0.25) is 9.59 Å². The maximum Gasteiger partial charge on any atom is 0.271 e. The number of nitrogens with two attached hydrogens (primary N) is 1. The summed E-state index contributed by atoms with van der Waals surface area (Å²) in [7, 11) is 7.00. The molecule has 0 aliphatic rings. The lowest BCUT2D eigenvalue weighted by molar-refractivity contribution is -0.122. The van der Waals surface area contributed by atoms with Gasteiger partial charge >= 0.3 is 0 Å². The Balaban J connectivity index is 2.29. The van der Waals surface area contributed by atoms with E-state index in [1.807, 2.05) is 31.1 Å². The molecule has 0 saturated heterocycles. The molecule has 2 rings (SSSR count). The Morgan fingerprint density at radius 1 is 1.23 bits per heavy atom. The summed E-state index contributed by atoms with van der Waals surface area (Å²) in [6.07, 6.45) is 0.596. The van der Waals surface area contributed by atoms with Gasteiger partial charge in [-0.2, -0.15) is 0 Å². The zero-order valence-electron chi connectivity index (χ0n) is 18.9. The van der Waals surface area contributed by atoms with Crippen LogP contribution in [0.3, 0.4) is 0 Å². The summed E-state index contributed by atoms with van der Waals surface area (Å²) in [4.78, 5) is 34.5. The molecule has 0 aliphatic heterocycles. The first-order chi connectivity index (χ1) is 14.7. The van der Waals surface area contributed by atoms with Crippen molar-refractivity contribution in [1.82, 2.24) is 20.6 Å². The number of anilines is 3. The third-order valence-corrected chi connectivity index (χ3v) is 4.71. The molecule has 1 heterocycles. The number of hydrogen-bond donors (Lipinski definition) is 4. The highest BCUT2D eigenvalue weighted by molar-refractivity contribution is 5.96. The second-order valence-electron chi connectivity index (χ2n) is 7.33. The van der Waals surface area contributed by atoms with Crippen LogP contribution in [0.25, 0.3) is 0 Å². The van der Waals surface area contributed by atoms with Crippen molar-refractivity contribution in [2.75, 3.05) is 45.0 Å². The number of ether oxygens (including phenoxy) is 1. The minimum atomic E-state index is -0.673. The van der Waals surface area contributed by atoms with Gasteiger partial charge in [-0.05, 0) is 45.0 Å². The van der Waals surface area contributed by atoms with E-state index in [1.54, 1.807) is 34.1 Å². The minimum Gasteiger partial charge on any atom is -0.497 e. The number of amides is 2. The number of methoxy groups -OCH3 is 1. The van der Waals surface area contributed by atoms with Gasteiger partial charge in [0.1, 0.15) is 5.75 Å². The Morgan fingerprint density at radius 2 is 1.94 bits per heavy atom. The smallest absolute Gasteiger partial charge is 0.271 e. The fraction of sp³-hybridized carbons (Fsp3) is 0.429. The number of aryl methyl sites for hydroxylation is 1. The first kappa shape index (κ1) is 23.9. The van der Waals surface area contributed by atoms with Gasteiger partial charge in [-0.25, -0.2) is 9.97 Å². The monoisotopic (exact) mass is 429 g/mol. The standard InChI is InChI=1S/C21H31N7O3/c1-12-20(28(4)5)27-19(17(25-12)18(22)29)26-15-9-14(10-16(11-15)31-6)7-8-24-21(30)13(2)23-3/h9-11,13,23H,7-8H2,1-6H3,(H2,22,29)(H,24,30)(H,26,27). The summed E-state index contributed by atoms with van der Waals surface area (Å²) < 4.78 is 5.40. The summed E-state index contributed by atoms with van der Waals surface area (Å²) in [5, 5.41) is 8.93. The highest BCUT2D eigenvalue weighted by Gasteiger charge is 2.17. The number of carbonyl (C=O) groups excluding carboxylic acids is 2. The van der Waals surface area contributed by atoms with E-state index in [9.17, 15) is 9.59 Å². The van der Waals surface area contributed by atoms with Crippen molar-refractivity contribution in [1.29, 1.82) is 0 Å². The number of likely N-dealkylation sites (N-methyl/N-ethyl adjacent to an activating group) is 1. The molecule has 10 nitrogen and oxygen atoms in total. The second kappa shape index (κ2) is 10.6. The van der Waals surface area contributed by atoms with Crippen molar-refractivity contribution in [2.24, 2.45) is 5.73 Å². The van der Waals surface area contributed by atoms with E-state index in [4.69, 9.17) is 10.5 Å². The summed E-state index contributed by atoms with van der Waals surface area (Å²) in [5.74, 6) is 0.770. The average Bonchev–Trinajstić information content (AvgIpc) is 2.73. The van der Waals surface area contributed by atoms with Crippen LogP contribution >= 0.6 is 0 Å².